The van der Waals surface area contributed by atoms with E-state index in [1.165, 1.54) is 6.07 Å². The number of rotatable bonds is 6. The van der Waals surface area contributed by atoms with Crippen molar-refractivity contribution in [3.63, 3.8) is 0 Å². The van der Waals surface area contributed by atoms with Gasteiger partial charge in [0.25, 0.3) is 0 Å². The molecule has 3 rings (SSSR count). The van der Waals surface area contributed by atoms with Crippen LogP contribution in [0.25, 0.3) is 10.9 Å². The Balaban J connectivity index is 1.89. The Labute approximate surface area is 150 Å². The molecule has 0 fully saturated rings. The van der Waals surface area contributed by atoms with Crippen molar-refractivity contribution < 1.29 is 19.8 Å². The smallest absolute Gasteiger partial charge is 0.335 e. The van der Waals surface area contributed by atoms with Gasteiger partial charge in [0.05, 0.1) is 5.56 Å². The number of carbonyl (C=O) groups is 2. The molecule has 0 aliphatic heterocycles. The highest BCUT2D eigenvalue weighted by atomic mass is 16.4. The quantitative estimate of drug-likeness (QED) is 0.543. The lowest BCUT2D eigenvalue weighted by Gasteiger charge is -2.19. The number of aromatic nitrogens is 1. The molecule has 26 heavy (non-hydrogen) atoms. The zero-order valence-corrected chi connectivity index (χ0v) is 14.5. The van der Waals surface area contributed by atoms with Crippen LogP contribution in [0.4, 0.5) is 5.69 Å². The molecule has 0 amide bonds. The highest BCUT2D eigenvalue weighted by Gasteiger charge is 2.21. The zero-order chi connectivity index (χ0) is 18.8. The third-order valence-corrected chi connectivity index (χ3v) is 4.74. The number of aliphatic carboxylic acids is 1. The highest BCUT2D eigenvalue weighted by Crippen LogP contribution is 2.25. The van der Waals surface area contributed by atoms with Crippen LogP contribution in [-0.4, -0.2) is 33.2 Å². The number of aromatic carboxylic acids is 1. The lowest BCUT2D eigenvalue weighted by atomic mass is 10.00. The van der Waals surface area contributed by atoms with E-state index in [4.69, 9.17) is 0 Å². The molecule has 0 aliphatic carbocycles. The number of anilines is 1. The minimum atomic E-state index is -0.995. The second-order valence-electron chi connectivity index (χ2n) is 6.31. The first-order valence-electron chi connectivity index (χ1n) is 8.26. The lowest BCUT2D eigenvalue weighted by Crippen LogP contribution is -2.31. The summed E-state index contributed by atoms with van der Waals surface area (Å²) in [6.07, 6.45) is 2.13. The normalized spacial score (nSPS) is 12.1. The number of carboxylic acids is 2. The molecule has 0 bridgehead atoms. The van der Waals surface area contributed by atoms with E-state index in [9.17, 15) is 19.8 Å². The van der Waals surface area contributed by atoms with E-state index in [0.29, 0.717) is 17.7 Å². The predicted octanol–water partition coefficient (Wildman–Crippen LogP) is 3.59. The van der Waals surface area contributed by atoms with E-state index in [0.717, 1.165) is 22.0 Å². The van der Waals surface area contributed by atoms with Crippen LogP contribution in [0.2, 0.25) is 0 Å². The van der Waals surface area contributed by atoms with Gasteiger partial charge in [-0.25, -0.2) is 9.59 Å². The molecule has 0 radical (unpaired) electrons. The van der Waals surface area contributed by atoms with Crippen molar-refractivity contribution in [2.24, 2.45) is 0 Å². The van der Waals surface area contributed by atoms with Gasteiger partial charge in [0.15, 0.2) is 0 Å². The summed E-state index contributed by atoms with van der Waals surface area (Å²) in [6.45, 7) is 3.51. The average molecular weight is 352 g/mol. The van der Waals surface area contributed by atoms with Crippen molar-refractivity contribution in [1.29, 1.82) is 0 Å². The summed E-state index contributed by atoms with van der Waals surface area (Å²) in [4.78, 5) is 26.2. The Bertz CT molecular complexity index is 991. The second-order valence-corrected chi connectivity index (χ2v) is 6.31. The summed E-state index contributed by atoms with van der Waals surface area (Å²) < 4.78 is 0. The van der Waals surface area contributed by atoms with Crippen molar-refractivity contribution in [3.05, 3.63) is 64.8 Å². The summed E-state index contributed by atoms with van der Waals surface area (Å²) in [5, 5.41) is 22.9. The van der Waals surface area contributed by atoms with Gasteiger partial charge in [-0.15, -0.1) is 0 Å². The first-order valence-corrected chi connectivity index (χ1v) is 8.26. The number of para-hydroxylation sites is 1. The van der Waals surface area contributed by atoms with Crippen molar-refractivity contribution in [2.75, 3.05) is 5.32 Å². The number of carboxylic acid groups (broad SMARTS) is 2. The van der Waals surface area contributed by atoms with E-state index in [1.54, 1.807) is 19.9 Å². The number of benzene rings is 2. The van der Waals surface area contributed by atoms with Crippen LogP contribution < -0.4 is 5.32 Å². The molecule has 6 nitrogen and oxygen atoms in total. The molecular formula is C20H20N2O4. The van der Waals surface area contributed by atoms with Gasteiger partial charge in [0.2, 0.25) is 0 Å². The number of H-pyrrole nitrogens is 1. The van der Waals surface area contributed by atoms with Gasteiger partial charge in [-0.05, 0) is 48.7 Å². The molecule has 0 saturated heterocycles. The monoisotopic (exact) mass is 352 g/mol. The van der Waals surface area contributed by atoms with Crippen molar-refractivity contribution >= 4 is 28.5 Å². The Hall–Kier alpha value is -3.28. The predicted molar refractivity (Wildman–Crippen MR) is 99.9 cm³/mol. The number of hydrogen-bond acceptors (Lipinski definition) is 3. The molecular weight excluding hydrogens is 332 g/mol. The van der Waals surface area contributed by atoms with E-state index in [-0.39, 0.29) is 5.56 Å². The largest absolute Gasteiger partial charge is 0.480 e. The van der Waals surface area contributed by atoms with Crippen molar-refractivity contribution in [1.82, 2.24) is 4.98 Å². The fourth-order valence-corrected chi connectivity index (χ4v) is 3.12. The standard InChI is InChI=1S/C20H20N2O4/c1-11-12(2)16(8-7-14(11)19(23)24)22-18(20(25)26)9-13-10-21-17-6-4-3-5-15(13)17/h3-8,10,18,21-22H,9H2,1-2H3,(H,23,24)(H,25,26)/t18-/m0/s1. The number of aromatic amines is 1. The molecule has 0 unspecified atom stereocenters. The van der Waals surface area contributed by atoms with Gasteiger partial charge in [-0.2, -0.15) is 0 Å². The molecule has 3 aromatic rings. The molecule has 1 atom stereocenters. The van der Waals surface area contributed by atoms with Gasteiger partial charge in [-0.1, -0.05) is 18.2 Å². The van der Waals surface area contributed by atoms with E-state index < -0.39 is 18.0 Å². The summed E-state index contributed by atoms with van der Waals surface area (Å²) in [5.41, 5.74) is 4.08. The fourth-order valence-electron chi connectivity index (χ4n) is 3.12. The van der Waals surface area contributed by atoms with Crippen LogP contribution in [0.5, 0.6) is 0 Å². The average Bonchev–Trinajstić information content (AvgIpc) is 3.01. The molecule has 2 aromatic carbocycles. The van der Waals surface area contributed by atoms with E-state index in [2.05, 4.69) is 10.3 Å². The first kappa shape index (κ1) is 17.5. The van der Waals surface area contributed by atoms with Gasteiger partial charge in [0, 0.05) is 29.2 Å². The Morgan fingerprint density at radius 2 is 1.81 bits per heavy atom. The maximum atomic E-state index is 11.8. The highest BCUT2D eigenvalue weighted by molar-refractivity contribution is 5.91. The Kier molecular flexibility index (Phi) is 4.67. The third kappa shape index (κ3) is 3.26. The van der Waals surface area contributed by atoms with Gasteiger partial charge < -0.3 is 20.5 Å². The number of hydrogen-bond donors (Lipinski definition) is 4. The Morgan fingerprint density at radius 1 is 1.08 bits per heavy atom. The van der Waals surface area contributed by atoms with Crippen molar-refractivity contribution in [2.45, 2.75) is 26.3 Å². The number of nitrogens with one attached hydrogen (secondary N) is 2. The fraction of sp³-hybridized carbons (Fsp3) is 0.200. The molecule has 134 valence electrons. The van der Waals surface area contributed by atoms with Crippen LogP contribution in [0.15, 0.2) is 42.6 Å². The minimum absolute atomic E-state index is 0.219. The summed E-state index contributed by atoms with van der Waals surface area (Å²) in [6, 6.07) is 10.0. The van der Waals surface area contributed by atoms with Crippen LogP contribution in [0.1, 0.15) is 27.0 Å². The van der Waals surface area contributed by atoms with E-state index in [1.807, 2.05) is 30.5 Å². The number of fused-ring (bicyclic) bond motifs is 1. The van der Waals surface area contributed by atoms with Gasteiger partial charge >= 0.3 is 11.9 Å². The topological polar surface area (TPSA) is 102 Å². The summed E-state index contributed by atoms with van der Waals surface area (Å²) >= 11 is 0. The molecule has 0 spiro atoms. The zero-order valence-electron chi connectivity index (χ0n) is 14.5. The van der Waals surface area contributed by atoms with Gasteiger partial charge in [0.1, 0.15) is 6.04 Å². The summed E-state index contributed by atoms with van der Waals surface area (Å²) in [5.74, 6) is -1.96. The maximum Gasteiger partial charge on any atom is 0.335 e. The van der Waals surface area contributed by atoms with Crippen LogP contribution in [-0.2, 0) is 11.2 Å². The SMILES string of the molecule is Cc1c(N[C@@H](Cc2c[nH]c3ccccc23)C(=O)O)ccc(C(=O)O)c1C. The van der Waals surface area contributed by atoms with Crippen LogP contribution in [0.3, 0.4) is 0 Å². The maximum absolute atomic E-state index is 11.8. The molecule has 6 heteroatoms. The molecule has 1 aromatic heterocycles. The van der Waals surface area contributed by atoms with Crippen molar-refractivity contribution in [3.8, 4) is 0 Å². The molecule has 4 N–H and O–H groups in total. The third-order valence-electron chi connectivity index (χ3n) is 4.74. The molecule has 0 saturated carbocycles. The van der Waals surface area contributed by atoms with E-state index >= 15 is 0 Å². The lowest BCUT2D eigenvalue weighted by molar-refractivity contribution is -0.137. The van der Waals surface area contributed by atoms with Gasteiger partial charge in [-0.3, -0.25) is 0 Å². The minimum Gasteiger partial charge on any atom is -0.480 e. The molecule has 0 aliphatic rings. The Morgan fingerprint density at radius 3 is 2.50 bits per heavy atom. The second kappa shape index (κ2) is 6.92. The van der Waals surface area contributed by atoms with Crippen LogP contribution in [0, 0.1) is 13.8 Å². The summed E-state index contributed by atoms with van der Waals surface area (Å²) in [7, 11) is 0. The van der Waals surface area contributed by atoms with Crippen LogP contribution >= 0.6 is 0 Å². The first-order chi connectivity index (χ1) is 12.4. The molecule has 1 heterocycles.